The lowest BCUT2D eigenvalue weighted by molar-refractivity contribution is -0.138. The van der Waals surface area contributed by atoms with Crippen molar-refractivity contribution in [1.82, 2.24) is 0 Å². The summed E-state index contributed by atoms with van der Waals surface area (Å²) in [6.45, 7) is 2.63. The van der Waals surface area contributed by atoms with E-state index in [-0.39, 0.29) is 5.75 Å². The van der Waals surface area contributed by atoms with Crippen LogP contribution in [0.15, 0.2) is 36.4 Å². The molecule has 0 saturated carbocycles. The van der Waals surface area contributed by atoms with Gasteiger partial charge in [0, 0.05) is 12.2 Å². The summed E-state index contributed by atoms with van der Waals surface area (Å²) in [5.41, 5.74) is 0. The zero-order valence-electron chi connectivity index (χ0n) is 18.4. The molecule has 0 aliphatic rings. The molecule has 0 fully saturated rings. The van der Waals surface area contributed by atoms with Gasteiger partial charge in [-0.2, -0.15) is 0 Å². The molecule has 0 N–H and O–H groups in total. The number of rotatable bonds is 17. The smallest absolute Gasteiger partial charge is 0.336 e. The summed E-state index contributed by atoms with van der Waals surface area (Å²) in [4.78, 5) is 23.3. The summed E-state index contributed by atoms with van der Waals surface area (Å²) in [5, 5.41) is 0.337. The van der Waals surface area contributed by atoms with E-state index in [9.17, 15) is 9.59 Å². The summed E-state index contributed by atoms with van der Waals surface area (Å²) in [5.74, 6) is -0.944. The summed E-state index contributed by atoms with van der Waals surface area (Å²) in [6, 6.07) is 6.66. The number of halogens is 1. The van der Waals surface area contributed by atoms with Crippen LogP contribution < -0.4 is 4.74 Å². The normalized spacial score (nSPS) is 11.0. The first-order valence-electron chi connectivity index (χ1n) is 11.4. The highest BCUT2D eigenvalue weighted by atomic mass is 35.5. The second-order valence-corrected chi connectivity index (χ2v) is 8.00. The molecule has 30 heavy (non-hydrogen) atoms. The summed E-state index contributed by atoms with van der Waals surface area (Å²) in [6.07, 6.45) is 18.7. The minimum atomic E-state index is -0.666. The second-order valence-electron chi connectivity index (χ2n) is 7.59. The lowest BCUT2D eigenvalue weighted by Crippen LogP contribution is -2.07. The molecule has 0 atom stereocenters. The molecular formula is C25H37ClO4. The number of ether oxygens (including phenoxy) is 2. The van der Waals surface area contributed by atoms with Gasteiger partial charge in [0.25, 0.3) is 0 Å². The van der Waals surface area contributed by atoms with E-state index >= 15 is 0 Å². The average molecular weight is 437 g/mol. The number of benzene rings is 1. The van der Waals surface area contributed by atoms with E-state index in [0.29, 0.717) is 11.6 Å². The van der Waals surface area contributed by atoms with E-state index in [4.69, 9.17) is 21.1 Å². The van der Waals surface area contributed by atoms with Crippen LogP contribution in [0.3, 0.4) is 0 Å². The minimum absolute atomic E-state index is 0.258. The average Bonchev–Trinajstić information content (AvgIpc) is 2.74. The molecule has 0 heterocycles. The Morgan fingerprint density at radius 2 is 1.27 bits per heavy atom. The SMILES string of the molecule is CCCCCCCCCCCCCCCOC(=O)/C=C/C(=O)Oc1ccccc1Cl. The highest BCUT2D eigenvalue weighted by Crippen LogP contribution is 2.23. The zero-order chi connectivity index (χ0) is 21.9. The third-order valence-corrected chi connectivity index (χ3v) is 5.21. The molecule has 0 bridgehead atoms. The largest absolute Gasteiger partial charge is 0.463 e. The number of hydrogen-bond acceptors (Lipinski definition) is 4. The standard InChI is InChI=1S/C25H37ClO4/c1-2-3-4-5-6-7-8-9-10-11-12-13-16-21-29-24(27)19-20-25(28)30-23-18-15-14-17-22(23)26/h14-15,17-20H,2-13,16,21H2,1H3/b20-19+. The van der Waals surface area contributed by atoms with Gasteiger partial charge in [-0.15, -0.1) is 0 Å². The molecule has 0 saturated heterocycles. The van der Waals surface area contributed by atoms with Crippen LogP contribution in [0.4, 0.5) is 0 Å². The minimum Gasteiger partial charge on any atom is -0.463 e. The van der Waals surface area contributed by atoms with Crippen LogP contribution >= 0.6 is 11.6 Å². The van der Waals surface area contributed by atoms with Crippen LogP contribution in [0.5, 0.6) is 5.75 Å². The molecule has 0 radical (unpaired) electrons. The molecule has 1 aromatic carbocycles. The Balaban J connectivity index is 1.94. The van der Waals surface area contributed by atoms with Gasteiger partial charge >= 0.3 is 11.9 Å². The van der Waals surface area contributed by atoms with Crippen LogP contribution in [0, 0.1) is 0 Å². The highest BCUT2D eigenvalue weighted by Gasteiger charge is 2.05. The number of carbonyl (C=O) groups is 2. The molecule has 168 valence electrons. The van der Waals surface area contributed by atoms with Gasteiger partial charge in [0.1, 0.15) is 5.75 Å². The van der Waals surface area contributed by atoms with Crippen molar-refractivity contribution >= 4 is 23.5 Å². The predicted octanol–water partition coefficient (Wildman–Crippen LogP) is 7.44. The lowest BCUT2D eigenvalue weighted by atomic mass is 10.0. The fraction of sp³-hybridized carbons (Fsp3) is 0.600. The molecule has 1 rings (SSSR count). The third kappa shape index (κ3) is 14.2. The van der Waals surface area contributed by atoms with Gasteiger partial charge in [0.15, 0.2) is 0 Å². The number of esters is 2. The van der Waals surface area contributed by atoms with Crippen molar-refractivity contribution in [2.75, 3.05) is 6.61 Å². The van der Waals surface area contributed by atoms with Crippen molar-refractivity contribution in [2.45, 2.75) is 90.4 Å². The first kappa shape index (κ1) is 26.2. The molecule has 0 spiro atoms. The second kappa shape index (κ2) is 18.0. The first-order valence-corrected chi connectivity index (χ1v) is 11.8. The molecule has 0 aromatic heterocycles. The van der Waals surface area contributed by atoms with Crippen molar-refractivity contribution in [2.24, 2.45) is 0 Å². The Kier molecular flexibility index (Phi) is 15.7. The summed E-state index contributed by atoms with van der Waals surface area (Å²) in [7, 11) is 0. The molecular weight excluding hydrogens is 400 g/mol. The quantitative estimate of drug-likeness (QED) is 0.110. The summed E-state index contributed by atoms with van der Waals surface area (Å²) < 4.78 is 10.2. The van der Waals surface area contributed by atoms with Gasteiger partial charge in [0.05, 0.1) is 11.6 Å². The Bertz CT molecular complexity index is 627. The molecule has 0 unspecified atom stereocenters. The monoisotopic (exact) mass is 436 g/mol. The van der Waals surface area contributed by atoms with E-state index in [1.165, 1.54) is 70.6 Å². The van der Waals surface area contributed by atoms with Gasteiger partial charge < -0.3 is 9.47 Å². The van der Waals surface area contributed by atoms with Crippen molar-refractivity contribution in [3.05, 3.63) is 41.4 Å². The van der Waals surface area contributed by atoms with Gasteiger partial charge in [-0.3, -0.25) is 0 Å². The van der Waals surface area contributed by atoms with Gasteiger partial charge in [0.2, 0.25) is 0 Å². The van der Waals surface area contributed by atoms with Crippen LogP contribution in [0.2, 0.25) is 5.02 Å². The molecule has 0 amide bonds. The fourth-order valence-corrected chi connectivity index (χ4v) is 3.32. The Labute approximate surface area is 187 Å². The zero-order valence-corrected chi connectivity index (χ0v) is 19.1. The van der Waals surface area contributed by atoms with Crippen LogP contribution in [0.25, 0.3) is 0 Å². The fourth-order valence-electron chi connectivity index (χ4n) is 3.15. The van der Waals surface area contributed by atoms with E-state index in [1.54, 1.807) is 24.3 Å². The van der Waals surface area contributed by atoms with Crippen molar-refractivity contribution in [1.29, 1.82) is 0 Å². The number of carbonyl (C=O) groups excluding carboxylic acids is 2. The van der Waals surface area contributed by atoms with E-state index < -0.39 is 11.9 Å². The molecule has 0 aliphatic carbocycles. The Morgan fingerprint density at radius 1 is 0.767 bits per heavy atom. The molecule has 4 nitrogen and oxygen atoms in total. The topological polar surface area (TPSA) is 52.6 Å². The van der Waals surface area contributed by atoms with Crippen LogP contribution in [-0.4, -0.2) is 18.5 Å². The predicted molar refractivity (Wildman–Crippen MR) is 123 cm³/mol. The molecule has 0 aliphatic heterocycles. The van der Waals surface area contributed by atoms with Crippen LogP contribution in [0.1, 0.15) is 90.4 Å². The van der Waals surface area contributed by atoms with Crippen molar-refractivity contribution < 1.29 is 19.1 Å². The highest BCUT2D eigenvalue weighted by molar-refractivity contribution is 6.32. The lowest BCUT2D eigenvalue weighted by Gasteiger charge is -2.04. The maximum atomic E-state index is 11.7. The maximum absolute atomic E-state index is 11.7. The van der Waals surface area contributed by atoms with Gasteiger partial charge in [-0.05, 0) is 18.6 Å². The first-order chi connectivity index (χ1) is 14.6. The number of unbranched alkanes of at least 4 members (excludes halogenated alkanes) is 12. The maximum Gasteiger partial charge on any atom is 0.336 e. The van der Waals surface area contributed by atoms with E-state index in [1.807, 2.05) is 0 Å². The number of para-hydroxylation sites is 1. The molecule has 5 heteroatoms. The van der Waals surface area contributed by atoms with Crippen molar-refractivity contribution in [3.63, 3.8) is 0 Å². The number of hydrogen-bond donors (Lipinski definition) is 0. The third-order valence-electron chi connectivity index (χ3n) is 4.89. The molecule has 1 aromatic rings. The van der Waals surface area contributed by atoms with Gasteiger partial charge in [-0.25, -0.2) is 9.59 Å². The van der Waals surface area contributed by atoms with Gasteiger partial charge in [-0.1, -0.05) is 108 Å². The van der Waals surface area contributed by atoms with Crippen molar-refractivity contribution in [3.8, 4) is 5.75 Å². The van der Waals surface area contributed by atoms with E-state index in [0.717, 1.165) is 25.0 Å². The van der Waals surface area contributed by atoms with E-state index in [2.05, 4.69) is 6.92 Å². The van der Waals surface area contributed by atoms with Crippen LogP contribution in [-0.2, 0) is 14.3 Å². The Hall–Kier alpha value is -1.81. The Morgan fingerprint density at radius 3 is 1.83 bits per heavy atom. The summed E-state index contributed by atoms with van der Waals surface area (Å²) >= 11 is 5.91.